The van der Waals surface area contributed by atoms with Gasteiger partial charge in [0.25, 0.3) is 0 Å². The van der Waals surface area contributed by atoms with Crippen LogP contribution < -0.4 is 15.0 Å². The fourth-order valence-corrected chi connectivity index (χ4v) is 4.35. The Hall–Kier alpha value is -2.86. The molecule has 0 aliphatic carbocycles. The highest BCUT2D eigenvalue weighted by molar-refractivity contribution is 5.99. The number of amides is 2. The van der Waals surface area contributed by atoms with Crippen molar-refractivity contribution in [3.8, 4) is 5.75 Å². The monoisotopic (exact) mass is 421 g/mol. The van der Waals surface area contributed by atoms with Crippen LogP contribution in [0.3, 0.4) is 0 Å². The maximum atomic E-state index is 13.1. The smallest absolute Gasteiger partial charge is 0.244 e. The summed E-state index contributed by atoms with van der Waals surface area (Å²) >= 11 is 0. The fourth-order valence-electron chi connectivity index (χ4n) is 4.35. The molecule has 2 heterocycles. The van der Waals surface area contributed by atoms with Crippen LogP contribution >= 0.6 is 0 Å². The number of fused-ring (bicyclic) bond motifs is 1. The molecule has 2 aliphatic heterocycles. The van der Waals surface area contributed by atoms with E-state index in [9.17, 15) is 9.59 Å². The minimum Gasteiger partial charge on any atom is -0.491 e. The number of hydrogen-bond acceptors (Lipinski definition) is 4. The van der Waals surface area contributed by atoms with E-state index in [4.69, 9.17) is 4.74 Å². The van der Waals surface area contributed by atoms with Crippen molar-refractivity contribution < 1.29 is 14.3 Å². The molecule has 164 valence electrons. The van der Waals surface area contributed by atoms with E-state index in [1.807, 2.05) is 51.1 Å². The zero-order valence-electron chi connectivity index (χ0n) is 18.8. The average Bonchev–Trinajstić information content (AvgIpc) is 3.15. The van der Waals surface area contributed by atoms with Crippen molar-refractivity contribution >= 4 is 23.2 Å². The van der Waals surface area contributed by atoms with Crippen LogP contribution in [0.4, 0.5) is 11.4 Å². The van der Waals surface area contributed by atoms with Gasteiger partial charge < -0.3 is 15.0 Å². The van der Waals surface area contributed by atoms with Gasteiger partial charge in [0, 0.05) is 37.9 Å². The molecule has 0 saturated carbocycles. The number of nitrogens with one attached hydrogen (secondary N) is 1. The Balaban J connectivity index is 1.40. The molecule has 2 aliphatic rings. The summed E-state index contributed by atoms with van der Waals surface area (Å²) in [7, 11) is 0. The third-order valence-corrected chi connectivity index (χ3v) is 6.34. The van der Waals surface area contributed by atoms with E-state index in [0.29, 0.717) is 6.54 Å². The summed E-state index contributed by atoms with van der Waals surface area (Å²) in [5, 5.41) is 3.10. The highest BCUT2D eigenvalue weighted by Gasteiger charge is 2.46. The molecule has 1 fully saturated rings. The molecule has 31 heavy (non-hydrogen) atoms. The molecule has 2 aromatic rings. The predicted octanol–water partition coefficient (Wildman–Crippen LogP) is 3.99. The standard InChI is InChI=1S/C25H31N3O3/c1-17(2)31-22-8-5-19(6-9-22)16-27-14-12-25(27,4)24(30)26-21-7-10-23-20(15-21)11-13-28(23)18(3)29/h5-10,15,17H,11-14,16H2,1-4H3,(H,26,30). The van der Waals surface area contributed by atoms with Crippen molar-refractivity contribution in [1.29, 1.82) is 0 Å². The predicted molar refractivity (Wildman–Crippen MR) is 122 cm³/mol. The zero-order chi connectivity index (χ0) is 22.2. The molecule has 1 saturated heterocycles. The summed E-state index contributed by atoms with van der Waals surface area (Å²) in [6.45, 7) is 9.94. The number of ether oxygens (including phenoxy) is 1. The Morgan fingerprint density at radius 1 is 1.13 bits per heavy atom. The van der Waals surface area contributed by atoms with E-state index >= 15 is 0 Å². The van der Waals surface area contributed by atoms with E-state index < -0.39 is 5.54 Å². The maximum absolute atomic E-state index is 13.1. The SMILES string of the molecule is CC(=O)N1CCc2cc(NC(=O)C3(C)CCN3Cc3ccc(OC(C)C)cc3)ccc21. The third kappa shape index (κ3) is 4.30. The lowest BCUT2D eigenvalue weighted by atomic mass is 9.85. The summed E-state index contributed by atoms with van der Waals surface area (Å²) < 4.78 is 5.71. The van der Waals surface area contributed by atoms with Gasteiger partial charge in [-0.1, -0.05) is 12.1 Å². The maximum Gasteiger partial charge on any atom is 0.244 e. The number of nitrogens with zero attached hydrogens (tertiary/aromatic N) is 2. The summed E-state index contributed by atoms with van der Waals surface area (Å²) in [6, 6.07) is 13.9. The highest BCUT2D eigenvalue weighted by Crippen LogP contribution is 2.35. The van der Waals surface area contributed by atoms with Crippen LogP contribution in [0, 0.1) is 0 Å². The molecule has 0 radical (unpaired) electrons. The molecule has 1 atom stereocenters. The van der Waals surface area contributed by atoms with Gasteiger partial charge in [0.15, 0.2) is 0 Å². The van der Waals surface area contributed by atoms with E-state index in [1.165, 1.54) is 0 Å². The van der Waals surface area contributed by atoms with Crippen LogP contribution in [0.5, 0.6) is 5.75 Å². The Bertz CT molecular complexity index is 986. The summed E-state index contributed by atoms with van der Waals surface area (Å²) in [6.07, 6.45) is 1.80. The normalized spacial score (nSPS) is 20.4. The highest BCUT2D eigenvalue weighted by atomic mass is 16.5. The van der Waals surface area contributed by atoms with Gasteiger partial charge in [0.1, 0.15) is 5.75 Å². The first-order valence-corrected chi connectivity index (χ1v) is 11.0. The number of carbonyl (C=O) groups excluding carboxylic acids is 2. The molecular weight excluding hydrogens is 390 g/mol. The third-order valence-electron chi connectivity index (χ3n) is 6.34. The zero-order valence-corrected chi connectivity index (χ0v) is 18.8. The van der Waals surface area contributed by atoms with E-state index in [2.05, 4.69) is 22.3 Å². The summed E-state index contributed by atoms with van der Waals surface area (Å²) in [5.74, 6) is 0.930. The van der Waals surface area contributed by atoms with Crippen molar-refractivity contribution in [1.82, 2.24) is 4.90 Å². The number of carbonyl (C=O) groups is 2. The van der Waals surface area contributed by atoms with Crippen LogP contribution in [0.1, 0.15) is 45.2 Å². The van der Waals surface area contributed by atoms with Crippen LogP contribution in [-0.4, -0.2) is 41.4 Å². The van der Waals surface area contributed by atoms with Crippen LogP contribution in [0.2, 0.25) is 0 Å². The molecule has 0 spiro atoms. The molecule has 1 N–H and O–H groups in total. The number of hydrogen-bond donors (Lipinski definition) is 1. The minimum absolute atomic E-state index is 0.0138. The minimum atomic E-state index is -0.530. The molecule has 4 rings (SSSR count). The second kappa shape index (κ2) is 8.35. The van der Waals surface area contributed by atoms with Gasteiger partial charge >= 0.3 is 0 Å². The lowest BCUT2D eigenvalue weighted by Crippen LogP contribution is -2.63. The van der Waals surface area contributed by atoms with Crippen molar-refractivity contribution in [3.63, 3.8) is 0 Å². The first kappa shape index (κ1) is 21.4. The molecule has 0 bridgehead atoms. The number of anilines is 2. The summed E-state index contributed by atoms with van der Waals surface area (Å²) in [5.41, 5.74) is 3.48. The topological polar surface area (TPSA) is 61.9 Å². The first-order valence-electron chi connectivity index (χ1n) is 11.0. The number of rotatable bonds is 6. The van der Waals surface area contributed by atoms with Gasteiger partial charge in [-0.05, 0) is 75.1 Å². The lowest BCUT2D eigenvalue weighted by molar-refractivity contribution is -0.136. The Labute approximate surface area is 184 Å². The molecule has 2 amide bonds. The van der Waals surface area contributed by atoms with E-state index in [1.54, 1.807) is 11.8 Å². The molecular formula is C25H31N3O3. The second-order valence-electron chi connectivity index (χ2n) is 8.97. The Morgan fingerprint density at radius 2 is 1.87 bits per heavy atom. The quantitative estimate of drug-likeness (QED) is 0.766. The van der Waals surface area contributed by atoms with Gasteiger partial charge in [-0.25, -0.2) is 0 Å². The van der Waals surface area contributed by atoms with Crippen molar-refractivity contribution in [2.24, 2.45) is 0 Å². The number of likely N-dealkylation sites (tertiary alicyclic amines) is 1. The van der Waals surface area contributed by atoms with Crippen LogP contribution in [0.25, 0.3) is 0 Å². The fraction of sp³-hybridized carbons (Fsp3) is 0.440. The van der Waals surface area contributed by atoms with Gasteiger partial charge in [0.2, 0.25) is 11.8 Å². The molecule has 6 heteroatoms. The van der Waals surface area contributed by atoms with Gasteiger partial charge in [-0.15, -0.1) is 0 Å². The molecule has 2 aromatic carbocycles. The Morgan fingerprint density at radius 3 is 2.48 bits per heavy atom. The van der Waals surface area contributed by atoms with Gasteiger partial charge in [-0.2, -0.15) is 0 Å². The van der Waals surface area contributed by atoms with E-state index in [0.717, 1.165) is 54.2 Å². The Kier molecular flexibility index (Phi) is 5.75. The van der Waals surface area contributed by atoms with Gasteiger partial charge in [-0.3, -0.25) is 14.5 Å². The average molecular weight is 422 g/mol. The van der Waals surface area contributed by atoms with E-state index in [-0.39, 0.29) is 17.9 Å². The second-order valence-corrected chi connectivity index (χ2v) is 8.97. The van der Waals surface area contributed by atoms with Crippen molar-refractivity contribution in [2.45, 2.75) is 58.7 Å². The van der Waals surface area contributed by atoms with Gasteiger partial charge in [0.05, 0.1) is 11.6 Å². The van der Waals surface area contributed by atoms with Crippen molar-refractivity contribution in [2.75, 3.05) is 23.3 Å². The molecule has 1 unspecified atom stereocenters. The summed E-state index contributed by atoms with van der Waals surface area (Å²) in [4.78, 5) is 28.9. The van der Waals surface area contributed by atoms with Crippen LogP contribution in [-0.2, 0) is 22.6 Å². The first-order chi connectivity index (χ1) is 14.8. The van der Waals surface area contributed by atoms with Crippen LogP contribution in [0.15, 0.2) is 42.5 Å². The largest absolute Gasteiger partial charge is 0.491 e. The molecule has 6 nitrogen and oxygen atoms in total. The molecule has 0 aromatic heterocycles. The van der Waals surface area contributed by atoms with Crippen molar-refractivity contribution in [3.05, 3.63) is 53.6 Å². The number of benzene rings is 2. The lowest BCUT2D eigenvalue weighted by Gasteiger charge is -2.49.